The lowest BCUT2D eigenvalue weighted by Gasteiger charge is -2.16. The lowest BCUT2D eigenvalue weighted by Crippen LogP contribution is -1.98. The zero-order valence-electron chi connectivity index (χ0n) is 10.5. The van der Waals surface area contributed by atoms with E-state index in [2.05, 4.69) is 37.9 Å². The maximum absolute atomic E-state index is 13.3. The van der Waals surface area contributed by atoms with Crippen LogP contribution in [0.15, 0.2) is 34.8 Å². The average molecular weight is 407 g/mol. The third-order valence-electron chi connectivity index (χ3n) is 3.06. The van der Waals surface area contributed by atoms with Crippen LogP contribution >= 0.6 is 43.5 Å². The molecule has 0 heterocycles. The second kappa shape index (κ2) is 5.94. The molecule has 2 rings (SSSR count). The van der Waals surface area contributed by atoms with E-state index in [1.54, 1.807) is 12.1 Å². The number of halogens is 4. The summed E-state index contributed by atoms with van der Waals surface area (Å²) in [5.74, 6) is -0.257. The van der Waals surface area contributed by atoms with Gasteiger partial charge in [0.05, 0.1) is 9.30 Å². The molecule has 0 N–H and O–H groups in total. The Kier molecular flexibility index (Phi) is 4.70. The Morgan fingerprint density at radius 3 is 2.42 bits per heavy atom. The van der Waals surface area contributed by atoms with Crippen LogP contribution in [0.1, 0.15) is 27.1 Å². The fourth-order valence-electron chi connectivity index (χ4n) is 1.93. The molecule has 0 saturated heterocycles. The average Bonchev–Trinajstić information content (AvgIpc) is 2.36. The van der Waals surface area contributed by atoms with Crippen molar-refractivity contribution >= 4 is 43.5 Å². The van der Waals surface area contributed by atoms with Crippen molar-refractivity contribution in [3.8, 4) is 0 Å². The Labute approximate surface area is 134 Å². The zero-order chi connectivity index (χ0) is 14.2. The minimum Gasteiger partial charge on any atom is -0.206 e. The normalized spacial score (nSPS) is 12.5. The molecule has 0 aliphatic rings. The summed E-state index contributed by atoms with van der Waals surface area (Å²) in [6, 6.07) is 9.06. The van der Waals surface area contributed by atoms with Gasteiger partial charge in [-0.3, -0.25) is 0 Å². The van der Waals surface area contributed by atoms with Crippen molar-refractivity contribution in [1.29, 1.82) is 0 Å². The van der Waals surface area contributed by atoms with Gasteiger partial charge in [0.2, 0.25) is 0 Å². The SMILES string of the molecule is Cc1cc(C(Br)c2ccc(F)c(Br)c2)c(C)cc1Cl. The molecule has 0 amide bonds. The van der Waals surface area contributed by atoms with Crippen LogP contribution in [0.3, 0.4) is 0 Å². The predicted octanol–water partition coefficient (Wildman–Crippen LogP) is 6.34. The summed E-state index contributed by atoms with van der Waals surface area (Å²) in [5.41, 5.74) is 4.28. The van der Waals surface area contributed by atoms with E-state index in [-0.39, 0.29) is 10.6 Å². The molecule has 100 valence electrons. The van der Waals surface area contributed by atoms with Gasteiger partial charge in [-0.1, -0.05) is 39.7 Å². The van der Waals surface area contributed by atoms with Crippen molar-refractivity contribution in [2.75, 3.05) is 0 Å². The maximum Gasteiger partial charge on any atom is 0.137 e. The number of benzene rings is 2. The number of hydrogen-bond acceptors (Lipinski definition) is 0. The minimum absolute atomic E-state index is 0.0142. The molecule has 2 aromatic carbocycles. The molecule has 0 spiro atoms. The molecular weight excluding hydrogens is 394 g/mol. The quantitative estimate of drug-likeness (QED) is 0.510. The van der Waals surface area contributed by atoms with E-state index in [1.807, 2.05) is 19.9 Å². The van der Waals surface area contributed by atoms with E-state index in [0.717, 1.165) is 27.3 Å². The highest BCUT2D eigenvalue weighted by Crippen LogP contribution is 2.36. The Morgan fingerprint density at radius 1 is 1.11 bits per heavy atom. The van der Waals surface area contributed by atoms with Crippen LogP contribution in [0.5, 0.6) is 0 Å². The molecule has 0 aromatic heterocycles. The van der Waals surface area contributed by atoms with Gasteiger partial charge in [0.25, 0.3) is 0 Å². The summed E-state index contributed by atoms with van der Waals surface area (Å²) in [6.45, 7) is 4.00. The van der Waals surface area contributed by atoms with E-state index in [4.69, 9.17) is 11.6 Å². The fraction of sp³-hybridized carbons (Fsp3) is 0.200. The van der Waals surface area contributed by atoms with Gasteiger partial charge in [0, 0.05) is 5.02 Å². The molecule has 0 aliphatic carbocycles. The lowest BCUT2D eigenvalue weighted by molar-refractivity contribution is 0.620. The highest BCUT2D eigenvalue weighted by molar-refractivity contribution is 9.10. The minimum atomic E-state index is -0.257. The fourth-order valence-corrected chi connectivity index (χ4v) is 3.32. The summed E-state index contributed by atoms with van der Waals surface area (Å²) in [5, 5.41) is 0.765. The molecule has 2 aromatic rings. The van der Waals surface area contributed by atoms with E-state index in [9.17, 15) is 4.39 Å². The number of hydrogen-bond donors (Lipinski definition) is 0. The van der Waals surface area contributed by atoms with E-state index in [1.165, 1.54) is 6.07 Å². The van der Waals surface area contributed by atoms with Crippen LogP contribution in [0.25, 0.3) is 0 Å². The summed E-state index contributed by atoms with van der Waals surface area (Å²) in [6.07, 6.45) is 0. The Bertz CT molecular complexity index is 626. The van der Waals surface area contributed by atoms with Gasteiger partial charge >= 0.3 is 0 Å². The topological polar surface area (TPSA) is 0 Å². The van der Waals surface area contributed by atoms with Gasteiger partial charge in [-0.15, -0.1) is 0 Å². The number of rotatable bonds is 2. The van der Waals surface area contributed by atoms with Crippen molar-refractivity contribution in [1.82, 2.24) is 0 Å². The lowest BCUT2D eigenvalue weighted by atomic mass is 9.98. The maximum atomic E-state index is 13.3. The first-order chi connectivity index (χ1) is 8.90. The van der Waals surface area contributed by atoms with Crippen LogP contribution < -0.4 is 0 Å². The van der Waals surface area contributed by atoms with Crippen LogP contribution in [-0.2, 0) is 0 Å². The monoisotopic (exact) mass is 404 g/mol. The molecule has 0 fully saturated rings. The van der Waals surface area contributed by atoms with Gasteiger partial charge in [-0.05, 0) is 70.2 Å². The highest BCUT2D eigenvalue weighted by atomic mass is 79.9. The third-order valence-corrected chi connectivity index (χ3v) is 5.09. The molecule has 0 saturated carbocycles. The van der Waals surface area contributed by atoms with E-state index >= 15 is 0 Å². The van der Waals surface area contributed by atoms with E-state index < -0.39 is 0 Å². The number of alkyl halides is 1. The summed E-state index contributed by atoms with van der Waals surface area (Å²) in [7, 11) is 0. The van der Waals surface area contributed by atoms with Crippen LogP contribution in [0, 0.1) is 19.7 Å². The van der Waals surface area contributed by atoms with Crippen molar-refractivity contribution in [3.63, 3.8) is 0 Å². The molecule has 1 atom stereocenters. The molecule has 0 bridgehead atoms. The second-order valence-electron chi connectivity index (χ2n) is 4.49. The highest BCUT2D eigenvalue weighted by Gasteiger charge is 2.15. The van der Waals surface area contributed by atoms with Gasteiger partial charge in [0.1, 0.15) is 5.82 Å². The largest absolute Gasteiger partial charge is 0.206 e. The Balaban J connectivity index is 2.46. The molecule has 19 heavy (non-hydrogen) atoms. The Hall–Kier alpha value is -0.380. The Morgan fingerprint density at radius 2 is 1.79 bits per heavy atom. The van der Waals surface area contributed by atoms with Crippen LogP contribution in [0.2, 0.25) is 5.02 Å². The van der Waals surface area contributed by atoms with Crippen LogP contribution in [0.4, 0.5) is 4.39 Å². The molecular formula is C15H12Br2ClF. The molecule has 0 radical (unpaired) electrons. The van der Waals surface area contributed by atoms with Gasteiger partial charge < -0.3 is 0 Å². The summed E-state index contributed by atoms with van der Waals surface area (Å²) < 4.78 is 13.8. The van der Waals surface area contributed by atoms with Crippen molar-refractivity contribution in [3.05, 3.63) is 67.9 Å². The van der Waals surface area contributed by atoms with Crippen molar-refractivity contribution in [2.24, 2.45) is 0 Å². The first-order valence-corrected chi connectivity index (χ1v) is 7.84. The standard InChI is InChI=1S/C15H12Br2ClF/c1-8-6-13(18)9(2)5-11(8)15(17)10-3-4-14(19)12(16)7-10/h3-7,15H,1-2H3. The molecule has 0 nitrogen and oxygen atoms in total. The first kappa shape index (κ1) is 15.0. The van der Waals surface area contributed by atoms with Gasteiger partial charge in [-0.2, -0.15) is 0 Å². The van der Waals surface area contributed by atoms with Gasteiger partial charge in [-0.25, -0.2) is 4.39 Å². The second-order valence-corrected chi connectivity index (χ2v) is 6.67. The summed E-state index contributed by atoms with van der Waals surface area (Å²) >= 11 is 13.0. The van der Waals surface area contributed by atoms with E-state index in [0.29, 0.717) is 4.47 Å². The molecule has 4 heteroatoms. The predicted molar refractivity (Wildman–Crippen MR) is 85.8 cm³/mol. The number of aryl methyl sites for hydroxylation is 2. The van der Waals surface area contributed by atoms with Crippen molar-refractivity contribution < 1.29 is 4.39 Å². The smallest absolute Gasteiger partial charge is 0.137 e. The first-order valence-electron chi connectivity index (χ1n) is 5.76. The summed E-state index contributed by atoms with van der Waals surface area (Å²) in [4.78, 5) is 0.0142. The zero-order valence-corrected chi connectivity index (χ0v) is 14.4. The molecule has 0 aliphatic heterocycles. The third kappa shape index (κ3) is 3.21. The molecule has 1 unspecified atom stereocenters. The van der Waals surface area contributed by atoms with Crippen LogP contribution in [-0.4, -0.2) is 0 Å². The van der Waals surface area contributed by atoms with Crippen molar-refractivity contribution in [2.45, 2.75) is 18.7 Å². The van der Waals surface area contributed by atoms with Gasteiger partial charge in [0.15, 0.2) is 0 Å².